The van der Waals surface area contributed by atoms with Gasteiger partial charge < -0.3 is 9.47 Å². The van der Waals surface area contributed by atoms with E-state index in [0.29, 0.717) is 21.0 Å². The number of rotatable bonds is 3. The highest BCUT2D eigenvalue weighted by molar-refractivity contribution is 7.07. The summed E-state index contributed by atoms with van der Waals surface area (Å²) in [6, 6.07) is 15.1. The number of nitrogens with zero attached hydrogens (tertiary/aromatic N) is 2. The zero-order chi connectivity index (χ0) is 22.6. The average molecular weight is 449 g/mol. The van der Waals surface area contributed by atoms with Crippen LogP contribution in [0.2, 0.25) is 0 Å². The summed E-state index contributed by atoms with van der Waals surface area (Å²) in [7, 11) is 1.35. The first-order valence-corrected chi connectivity index (χ1v) is 11.4. The predicted molar refractivity (Wildman–Crippen MR) is 123 cm³/mol. The van der Waals surface area contributed by atoms with Crippen LogP contribution in [0.5, 0.6) is 5.75 Å². The molecule has 32 heavy (non-hydrogen) atoms. The summed E-state index contributed by atoms with van der Waals surface area (Å²) in [5.74, 6) is -0.143. The molecule has 0 spiro atoms. The zero-order valence-electron chi connectivity index (χ0n) is 18.4. The Bertz CT molecular complexity index is 1390. The Hall–Kier alpha value is -3.19. The zero-order valence-corrected chi connectivity index (χ0v) is 19.2. The van der Waals surface area contributed by atoms with Gasteiger partial charge in [-0.15, -0.1) is 0 Å². The van der Waals surface area contributed by atoms with Crippen LogP contribution in [-0.4, -0.2) is 23.4 Å². The van der Waals surface area contributed by atoms with E-state index in [1.165, 1.54) is 24.0 Å². The lowest BCUT2D eigenvalue weighted by Crippen LogP contribution is -2.58. The van der Waals surface area contributed by atoms with E-state index in [1.807, 2.05) is 42.5 Å². The number of carbonyl (C=O) groups excluding carboxylic acids is 1. The number of para-hydroxylation sites is 1. The van der Waals surface area contributed by atoms with Gasteiger partial charge in [-0.05, 0) is 36.1 Å². The molecule has 2 aliphatic rings. The molecule has 2 aliphatic heterocycles. The van der Waals surface area contributed by atoms with E-state index < -0.39 is 23.7 Å². The van der Waals surface area contributed by atoms with Gasteiger partial charge in [-0.3, -0.25) is 14.2 Å². The van der Waals surface area contributed by atoms with Crippen molar-refractivity contribution in [2.45, 2.75) is 38.5 Å². The van der Waals surface area contributed by atoms with Crippen LogP contribution >= 0.6 is 11.3 Å². The Morgan fingerprint density at radius 2 is 1.94 bits per heavy atom. The van der Waals surface area contributed by atoms with Crippen molar-refractivity contribution >= 4 is 23.4 Å². The molecule has 0 unspecified atom stereocenters. The number of carbonyl (C=O) groups is 1. The van der Waals surface area contributed by atoms with Crippen LogP contribution in [-0.2, 0) is 9.53 Å². The van der Waals surface area contributed by atoms with E-state index in [9.17, 15) is 9.59 Å². The highest BCUT2D eigenvalue weighted by Crippen LogP contribution is 2.47. The van der Waals surface area contributed by atoms with E-state index in [0.717, 1.165) is 11.1 Å². The fourth-order valence-electron chi connectivity index (χ4n) is 4.56. The van der Waals surface area contributed by atoms with Crippen LogP contribution in [0.15, 0.2) is 58.3 Å². The molecule has 164 valence electrons. The van der Waals surface area contributed by atoms with Crippen LogP contribution in [0.25, 0.3) is 6.08 Å². The molecule has 7 heteroatoms. The molecular weight excluding hydrogens is 424 g/mol. The number of hydrogen-bond donors (Lipinski definition) is 0. The molecule has 0 fully saturated rings. The van der Waals surface area contributed by atoms with Gasteiger partial charge in [-0.2, -0.15) is 0 Å². The normalized spacial score (nSPS) is 23.7. The second-order valence-corrected chi connectivity index (χ2v) is 9.65. The molecule has 3 heterocycles. The summed E-state index contributed by atoms with van der Waals surface area (Å²) in [5, 5.41) is 0. The van der Waals surface area contributed by atoms with E-state index in [2.05, 4.69) is 26.0 Å². The lowest BCUT2D eigenvalue weighted by atomic mass is 9.81. The number of thiazole rings is 1. The second-order valence-electron chi connectivity index (χ2n) is 8.64. The molecule has 5 rings (SSSR count). The third-order valence-electron chi connectivity index (χ3n) is 6.24. The second kappa shape index (κ2) is 7.45. The highest BCUT2D eigenvalue weighted by Gasteiger charge is 2.55. The van der Waals surface area contributed by atoms with Gasteiger partial charge in [0.2, 0.25) is 5.72 Å². The smallest absolute Gasteiger partial charge is 0.317 e. The Morgan fingerprint density at radius 1 is 1.22 bits per heavy atom. The van der Waals surface area contributed by atoms with E-state index in [-0.39, 0.29) is 5.56 Å². The summed E-state index contributed by atoms with van der Waals surface area (Å²) in [4.78, 5) is 31.7. The summed E-state index contributed by atoms with van der Waals surface area (Å²) in [6.45, 7) is 6.07. The third kappa shape index (κ3) is 3.11. The van der Waals surface area contributed by atoms with Crippen molar-refractivity contribution in [3.63, 3.8) is 0 Å². The standard InChI is InChI=1S/C25H24N2O4S/c1-14(2)16-11-9-15(10-12-16)13-19-22(28)27-21-17-7-5-6-8-18(17)31-25(3,26-24(27)32-19)20(21)23(29)30-4/h5-14,20-21H,1-4H3/b19-13+/t20-,21-,25-/m0/s1. The molecule has 0 saturated heterocycles. The van der Waals surface area contributed by atoms with E-state index in [1.54, 1.807) is 11.5 Å². The van der Waals surface area contributed by atoms with E-state index in [4.69, 9.17) is 14.5 Å². The van der Waals surface area contributed by atoms with Crippen LogP contribution in [0.3, 0.4) is 0 Å². The van der Waals surface area contributed by atoms with Gasteiger partial charge in [0.05, 0.1) is 17.7 Å². The average Bonchev–Trinajstić information content (AvgIpc) is 3.06. The van der Waals surface area contributed by atoms with Gasteiger partial charge in [-0.25, -0.2) is 4.99 Å². The molecule has 3 atom stereocenters. The number of methoxy groups -OCH3 is 1. The summed E-state index contributed by atoms with van der Waals surface area (Å²) >= 11 is 1.31. The monoisotopic (exact) mass is 448 g/mol. The van der Waals surface area contributed by atoms with Crippen LogP contribution in [0, 0.1) is 5.92 Å². The van der Waals surface area contributed by atoms with Crippen molar-refractivity contribution in [2.75, 3.05) is 7.11 Å². The van der Waals surface area contributed by atoms with Gasteiger partial charge >= 0.3 is 5.97 Å². The van der Waals surface area contributed by atoms with Crippen molar-refractivity contribution in [1.29, 1.82) is 0 Å². The Balaban J connectivity index is 1.72. The minimum atomic E-state index is -1.15. The summed E-state index contributed by atoms with van der Waals surface area (Å²) in [6.07, 6.45) is 1.88. The maximum Gasteiger partial charge on any atom is 0.317 e. The lowest BCUT2D eigenvalue weighted by Gasteiger charge is -2.44. The minimum absolute atomic E-state index is 0.167. The first-order chi connectivity index (χ1) is 15.3. The van der Waals surface area contributed by atoms with Crippen molar-refractivity contribution in [2.24, 2.45) is 10.9 Å². The maximum absolute atomic E-state index is 13.6. The molecule has 3 aromatic rings. The fraction of sp³-hybridized carbons (Fsp3) is 0.320. The van der Waals surface area contributed by atoms with Gasteiger partial charge in [0.25, 0.3) is 5.56 Å². The molecule has 0 aliphatic carbocycles. The van der Waals surface area contributed by atoms with Gasteiger partial charge in [0.1, 0.15) is 11.7 Å². The van der Waals surface area contributed by atoms with Gasteiger partial charge in [-0.1, -0.05) is 67.6 Å². The van der Waals surface area contributed by atoms with Crippen molar-refractivity contribution in [3.8, 4) is 5.75 Å². The molecule has 6 nitrogen and oxygen atoms in total. The molecule has 0 N–H and O–H groups in total. The number of aromatic nitrogens is 1. The third-order valence-corrected chi connectivity index (χ3v) is 7.22. The lowest BCUT2D eigenvalue weighted by molar-refractivity contribution is -0.158. The number of benzene rings is 2. The molecule has 0 saturated carbocycles. The van der Waals surface area contributed by atoms with Crippen molar-refractivity contribution in [3.05, 3.63) is 84.9 Å². The van der Waals surface area contributed by atoms with Crippen molar-refractivity contribution in [1.82, 2.24) is 4.57 Å². The predicted octanol–water partition coefficient (Wildman–Crippen LogP) is 2.98. The Labute approximate surface area is 189 Å². The number of hydrogen-bond acceptors (Lipinski definition) is 6. The number of fused-ring (bicyclic) bond motifs is 6. The van der Waals surface area contributed by atoms with E-state index >= 15 is 0 Å². The topological polar surface area (TPSA) is 69.9 Å². The molecule has 0 radical (unpaired) electrons. The Morgan fingerprint density at radius 3 is 2.62 bits per heavy atom. The minimum Gasteiger partial charge on any atom is -0.469 e. The van der Waals surface area contributed by atoms with Gasteiger partial charge in [0.15, 0.2) is 4.80 Å². The highest BCUT2D eigenvalue weighted by atomic mass is 32.1. The first kappa shape index (κ1) is 20.7. The summed E-state index contributed by atoms with van der Waals surface area (Å²) < 4.78 is 13.5. The molecular formula is C25H24N2O4S. The summed E-state index contributed by atoms with van der Waals surface area (Å²) in [5.41, 5.74) is 1.65. The van der Waals surface area contributed by atoms with Crippen molar-refractivity contribution < 1.29 is 14.3 Å². The van der Waals surface area contributed by atoms with Gasteiger partial charge in [0, 0.05) is 5.56 Å². The maximum atomic E-state index is 13.6. The molecule has 2 aromatic carbocycles. The fourth-order valence-corrected chi connectivity index (χ4v) is 5.66. The van der Waals surface area contributed by atoms with Crippen LogP contribution < -0.4 is 19.6 Å². The largest absolute Gasteiger partial charge is 0.469 e. The van der Waals surface area contributed by atoms with Crippen LogP contribution in [0.1, 0.15) is 49.4 Å². The SMILES string of the molecule is COC(=O)[C@@H]1[C@@H]2c3ccccc3O[C@]1(C)N=c1s/c(=C/c3ccc(C(C)C)cc3)c(=O)n12. The van der Waals surface area contributed by atoms with Crippen LogP contribution in [0.4, 0.5) is 0 Å². The molecule has 0 amide bonds. The quantitative estimate of drug-likeness (QED) is 0.578. The number of ether oxygens (including phenoxy) is 2. The molecule has 1 aromatic heterocycles. The number of esters is 1. The Kier molecular flexibility index (Phi) is 4.82. The molecule has 2 bridgehead atoms. The first-order valence-electron chi connectivity index (χ1n) is 10.6.